The summed E-state index contributed by atoms with van der Waals surface area (Å²) in [6, 6.07) is 6.19. The van der Waals surface area contributed by atoms with Crippen LogP contribution in [0.15, 0.2) is 18.2 Å². The summed E-state index contributed by atoms with van der Waals surface area (Å²) in [6.07, 6.45) is 4.89. The van der Waals surface area contributed by atoms with E-state index in [0.717, 1.165) is 30.6 Å². The van der Waals surface area contributed by atoms with E-state index in [1.54, 1.807) is 7.11 Å². The van der Waals surface area contributed by atoms with Crippen molar-refractivity contribution in [3.63, 3.8) is 0 Å². The highest BCUT2D eigenvalue weighted by molar-refractivity contribution is 5.38. The summed E-state index contributed by atoms with van der Waals surface area (Å²) < 4.78 is 5.40. The fourth-order valence-corrected chi connectivity index (χ4v) is 3.12. The van der Waals surface area contributed by atoms with Gasteiger partial charge in [-0.15, -0.1) is 0 Å². The smallest absolute Gasteiger partial charge is 0.122 e. The van der Waals surface area contributed by atoms with Gasteiger partial charge in [0.2, 0.25) is 0 Å². The summed E-state index contributed by atoms with van der Waals surface area (Å²) in [6.45, 7) is 4.29. The fourth-order valence-electron chi connectivity index (χ4n) is 3.12. The highest BCUT2D eigenvalue weighted by atomic mass is 16.5. The lowest BCUT2D eigenvalue weighted by atomic mass is 9.90. The van der Waals surface area contributed by atoms with Crippen LogP contribution in [0.5, 0.6) is 5.75 Å². The Morgan fingerprint density at radius 2 is 2.22 bits per heavy atom. The van der Waals surface area contributed by atoms with Crippen molar-refractivity contribution < 1.29 is 9.84 Å². The van der Waals surface area contributed by atoms with Gasteiger partial charge in [-0.1, -0.05) is 31.0 Å². The average molecular weight is 248 g/mol. The van der Waals surface area contributed by atoms with Gasteiger partial charge in [0.1, 0.15) is 5.75 Å². The van der Waals surface area contributed by atoms with E-state index in [4.69, 9.17) is 4.74 Å². The van der Waals surface area contributed by atoms with Crippen molar-refractivity contribution >= 4 is 0 Å². The monoisotopic (exact) mass is 248 g/mol. The molecule has 2 rings (SSSR count). The first-order chi connectivity index (χ1) is 8.56. The molecule has 1 N–H and O–H groups in total. The number of benzene rings is 1. The molecule has 2 unspecified atom stereocenters. The number of ether oxygens (including phenoxy) is 1. The van der Waals surface area contributed by atoms with Crippen molar-refractivity contribution in [2.75, 3.05) is 7.11 Å². The SMILES string of the molecule is CCC1CCC(O)(Cc2cc(C)ccc2OC)C1. The zero-order chi connectivity index (χ0) is 13.2. The topological polar surface area (TPSA) is 29.5 Å². The van der Waals surface area contributed by atoms with E-state index in [0.29, 0.717) is 12.3 Å². The lowest BCUT2D eigenvalue weighted by Gasteiger charge is -2.24. The van der Waals surface area contributed by atoms with Gasteiger partial charge < -0.3 is 9.84 Å². The molecule has 2 atom stereocenters. The molecule has 1 aromatic rings. The quantitative estimate of drug-likeness (QED) is 0.884. The van der Waals surface area contributed by atoms with Crippen LogP contribution >= 0.6 is 0 Å². The Morgan fingerprint density at radius 3 is 2.83 bits per heavy atom. The Balaban J connectivity index is 2.16. The molecule has 1 aromatic carbocycles. The van der Waals surface area contributed by atoms with E-state index in [9.17, 15) is 5.11 Å². The number of aryl methyl sites for hydroxylation is 1. The average Bonchev–Trinajstić information content (AvgIpc) is 2.71. The first-order valence-electron chi connectivity index (χ1n) is 6.92. The Kier molecular flexibility index (Phi) is 3.96. The van der Waals surface area contributed by atoms with Crippen molar-refractivity contribution in [1.82, 2.24) is 0 Å². The molecule has 1 aliphatic carbocycles. The van der Waals surface area contributed by atoms with Crippen molar-refractivity contribution in [1.29, 1.82) is 0 Å². The van der Waals surface area contributed by atoms with Crippen LogP contribution < -0.4 is 4.74 Å². The molecule has 1 aliphatic rings. The predicted molar refractivity (Wildman–Crippen MR) is 74.0 cm³/mol. The molecule has 0 aliphatic heterocycles. The summed E-state index contributed by atoms with van der Waals surface area (Å²) in [5.41, 5.74) is 1.83. The molecule has 0 amide bonds. The third kappa shape index (κ3) is 2.86. The number of hydrogen-bond acceptors (Lipinski definition) is 2. The van der Waals surface area contributed by atoms with Gasteiger partial charge in [0.25, 0.3) is 0 Å². The highest BCUT2D eigenvalue weighted by Gasteiger charge is 2.37. The van der Waals surface area contributed by atoms with Crippen LogP contribution in [0.25, 0.3) is 0 Å². The maximum absolute atomic E-state index is 10.7. The molecule has 100 valence electrons. The van der Waals surface area contributed by atoms with Gasteiger partial charge in [0, 0.05) is 6.42 Å². The van der Waals surface area contributed by atoms with E-state index in [-0.39, 0.29) is 0 Å². The second-order valence-electron chi connectivity index (χ2n) is 5.73. The van der Waals surface area contributed by atoms with Crippen LogP contribution in [0.1, 0.15) is 43.7 Å². The summed E-state index contributed by atoms with van der Waals surface area (Å²) >= 11 is 0. The van der Waals surface area contributed by atoms with Gasteiger partial charge in [-0.25, -0.2) is 0 Å². The van der Waals surface area contributed by atoms with Gasteiger partial charge in [0.15, 0.2) is 0 Å². The minimum absolute atomic E-state index is 0.526. The van der Waals surface area contributed by atoms with E-state index >= 15 is 0 Å². The van der Waals surface area contributed by atoms with Crippen molar-refractivity contribution in [3.8, 4) is 5.75 Å². The molecule has 0 bridgehead atoms. The van der Waals surface area contributed by atoms with Crippen LogP contribution in [-0.4, -0.2) is 17.8 Å². The van der Waals surface area contributed by atoms with Crippen molar-refractivity contribution in [3.05, 3.63) is 29.3 Å². The largest absolute Gasteiger partial charge is 0.496 e. The number of hydrogen-bond donors (Lipinski definition) is 1. The molecular formula is C16H24O2. The Morgan fingerprint density at radius 1 is 1.44 bits per heavy atom. The van der Waals surface area contributed by atoms with Crippen LogP contribution in [0.2, 0.25) is 0 Å². The Bertz CT molecular complexity index is 414. The third-order valence-corrected chi connectivity index (χ3v) is 4.22. The normalized spacial score (nSPS) is 27.4. The van der Waals surface area contributed by atoms with Gasteiger partial charge in [0.05, 0.1) is 12.7 Å². The molecule has 0 saturated heterocycles. The summed E-state index contributed by atoms with van der Waals surface area (Å²) in [5.74, 6) is 1.58. The summed E-state index contributed by atoms with van der Waals surface area (Å²) in [7, 11) is 1.70. The van der Waals surface area contributed by atoms with Crippen LogP contribution in [0.3, 0.4) is 0 Å². The minimum Gasteiger partial charge on any atom is -0.496 e. The van der Waals surface area contributed by atoms with Gasteiger partial charge in [-0.3, -0.25) is 0 Å². The molecular weight excluding hydrogens is 224 g/mol. The van der Waals surface area contributed by atoms with Crippen LogP contribution in [-0.2, 0) is 6.42 Å². The minimum atomic E-state index is -0.526. The summed E-state index contributed by atoms with van der Waals surface area (Å²) in [4.78, 5) is 0. The first kappa shape index (κ1) is 13.4. The maximum Gasteiger partial charge on any atom is 0.122 e. The van der Waals surface area contributed by atoms with Crippen molar-refractivity contribution in [2.24, 2.45) is 5.92 Å². The van der Waals surface area contributed by atoms with E-state index in [2.05, 4.69) is 26.0 Å². The fraction of sp³-hybridized carbons (Fsp3) is 0.625. The van der Waals surface area contributed by atoms with E-state index in [1.807, 2.05) is 6.07 Å². The van der Waals surface area contributed by atoms with Gasteiger partial charge in [-0.2, -0.15) is 0 Å². The molecule has 0 radical (unpaired) electrons. The lowest BCUT2D eigenvalue weighted by Crippen LogP contribution is -2.28. The Hall–Kier alpha value is -1.02. The number of methoxy groups -OCH3 is 1. The first-order valence-corrected chi connectivity index (χ1v) is 6.92. The van der Waals surface area contributed by atoms with Gasteiger partial charge in [-0.05, 0) is 43.7 Å². The zero-order valence-electron chi connectivity index (χ0n) is 11.7. The Labute approximate surface area is 110 Å². The van der Waals surface area contributed by atoms with Crippen molar-refractivity contribution in [2.45, 2.75) is 51.6 Å². The van der Waals surface area contributed by atoms with E-state index < -0.39 is 5.60 Å². The molecule has 1 fully saturated rings. The van der Waals surface area contributed by atoms with E-state index in [1.165, 1.54) is 12.0 Å². The number of rotatable bonds is 4. The van der Waals surface area contributed by atoms with Crippen LogP contribution in [0.4, 0.5) is 0 Å². The zero-order valence-corrected chi connectivity index (χ0v) is 11.7. The molecule has 0 heterocycles. The molecule has 0 spiro atoms. The van der Waals surface area contributed by atoms with Crippen LogP contribution in [0, 0.1) is 12.8 Å². The molecule has 2 heteroatoms. The maximum atomic E-state index is 10.7. The second-order valence-corrected chi connectivity index (χ2v) is 5.73. The summed E-state index contributed by atoms with van der Waals surface area (Å²) in [5, 5.41) is 10.7. The molecule has 18 heavy (non-hydrogen) atoms. The van der Waals surface area contributed by atoms with Gasteiger partial charge >= 0.3 is 0 Å². The number of aliphatic hydroxyl groups is 1. The highest BCUT2D eigenvalue weighted by Crippen LogP contribution is 2.39. The lowest BCUT2D eigenvalue weighted by molar-refractivity contribution is 0.0431. The third-order valence-electron chi connectivity index (χ3n) is 4.22. The second kappa shape index (κ2) is 5.31. The molecule has 1 saturated carbocycles. The molecule has 2 nitrogen and oxygen atoms in total. The molecule has 0 aromatic heterocycles. The standard InChI is InChI=1S/C16H24O2/c1-4-13-7-8-16(17,10-13)11-14-9-12(2)5-6-15(14)18-3/h5-6,9,13,17H,4,7-8,10-11H2,1-3H3. The predicted octanol–water partition coefficient (Wildman–Crippen LogP) is 3.49.